The zero-order valence-corrected chi connectivity index (χ0v) is 25.3. The lowest BCUT2D eigenvalue weighted by atomic mass is 9.65. The topological polar surface area (TPSA) is 0 Å². The quantitative estimate of drug-likeness (QED) is 0.164. The van der Waals surface area contributed by atoms with Crippen molar-refractivity contribution in [1.82, 2.24) is 0 Å². The van der Waals surface area contributed by atoms with Gasteiger partial charge in [0.15, 0.2) is 0 Å². The summed E-state index contributed by atoms with van der Waals surface area (Å²) in [5.74, 6) is 7.41. The Morgan fingerprint density at radius 2 is 0.884 bits per heavy atom. The predicted molar refractivity (Wildman–Crippen MR) is 175 cm³/mol. The molecule has 0 radical (unpaired) electrons. The number of hydrogen-bond donors (Lipinski definition) is 0. The summed E-state index contributed by atoms with van der Waals surface area (Å²) < 4.78 is 0. The molecule has 10 aliphatic carbocycles. The van der Waals surface area contributed by atoms with Crippen molar-refractivity contribution in [1.29, 1.82) is 0 Å². The third-order valence-corrected chi connectivity index (χ3v) is 18.3. The Morgan fingerprint density at radius 1 is 0.442 bits per heavy atom. The number of benzene rings is 5. The van der Waals surface area contributed by atoms with Gasteiger partial charge in [-0.15, -0.1) is 0 Å². The molecule has 0 aromatic heterocycles. The van der Waals surface area contributed by atoms with Crippen molar-refractivity contribution in [2.45, 2.75) is 131 Å². The van der Waals surface area contributed by atoms with Crippen LogP contribution in [0.1, 0.15) is 175 Å². The molecule has 0 aliphatic heterocycles. The molecule has 6 aromatic carbocycles. The molecule has 16 rings (SSSR count). The lowest BCUT2D eigenvalue weighted by Crippen LogP contribution is -2.27. The highest BCUT2D eigenvalue weighted by atomic mass is 14.8. The fraction of sp³-hybridized carbons (Fsp3) is 0.535. The monoisotopic (exact) mass is 552 g/mol. The highest BCUT2D eigenvalue weighted by Crippen LogP contribution is 2.82. The van der Waals surface area contributed by atoms with E-state index in [0.717, 1.165) is 53.3 Å². The molecule has 1 fully saturated rings. The van der Waals surface area contributed by atoms with Crippen LogP contribution in [0, 0.1) is 11.3 Å². The van der Waals surface area contributed by atoms with Crippen LogP contribution in [0.5, 0.6) is 0 Å². The molecule has 0 amide bonds. The molecule has 10 unspecified atom stereocenters. The van der Waals surface area contributed by atoms with E-state index in [2.05, 4.69) is 19.9 Å². The van der Waals surface area contributed by atoms with Crippen molar-refractivity contribution in [3.05, 3.63) is 56.1 Å². The Kier molecular flexibility index (Phi) is 2.53. The molecule has 6 aromatic rings. The van der Waals surface area contributed by atoms with Gasteiger partial charge in [0.25, 0.3) is 0 Å². The minimum atomic E-state index is 0.429. The number of fused-ring (bicyclic) bond motifs is 4. The normalized spacial score (nSPS) is 43.2. The second-order valence-corrected chi connectivity index (χ2v) is 18.6. The maximum absolute atomic E-state index is 2.93. The van der Waals surface area contributed by atoms with Crippen molar-refractivity contribution in [2.75, 3.05) is 0 Å². The molecule has 0 N–H and O–H groups in total. The van der Waals surface area contributed by atoms with Crippen molar-refractivity contribution >= 4 is 53.9 Å². The summed E-state index contributed by atoms with van der Waals surface area (Å²) in [6, 6.07) is 2.93. The summed E-state index contributed by atoms with van der Waals surface area (Å²) in [7, 11) is 0. The highest BCUT2D eigenvalue weighted by molar-refractivity contribution is 6.48. The zero-order valence-electron chi connectivity index (χ0n) is 25.3. The molecule has 10 aliphatic rings. The summed E-state index contributed by atoms with van der Waals surface area (Å²) in [5, 5.41) is 18.4. The van der Waals surface area contributed by atoms with E-state index in [1.807, 2.05) is 93.2 Å². The van der Waals surface area contributed by atoms with Crippen LogP contribution in [0.4, 0.5) is 0 Å². The van der Waals surface area contributed by atoms with E-state index in [9.17, 15) is 0 Å². The molecule has 0 saturated heterocycles. The smallest absolute Gasteiger partial charge is 0.00501 e. The van der Waals surface area contributed by atoms with Crippen LogP contribution in [-0.4, -0.2) is 0 Å². The highest BCUT2D eigenvalue weighted by Gasteiger charge is 2.73. The van der Waals surface area contributed by atoms with E-state index >= 15 is 0 Å². The average Bonchev–Trinajstić information content (AvgIpc) is 3.64. The van der Waals surface area contributed by atoms with Gasteiger partial charge in [0, 0.05) is 5.41 Å². The van der Waals surface area contributed by atoms with Gasteiger partial charge in [-0.05, 0) is 233 Å². The van der Waals surface area contributed by atoms with Gasteiger partial charge >= 0.3 is 0 Å². The zero-order chi connectivity index (χ0) is 26.9. The van der Waals surface area contributed by atoms with Gasteiger partial charge in [-0.1, -0.05) is 13.8 Å². The van der Waals surface area contributed by atoms with Gasteiger partial charge in [0.1, 0.15) is 0 Å². The first kappa shape index (κ1) is 20.4. The second kappa shape index (κ2) is 5.33. The van der Waals surface area contributed by atoms with Crippen molar-refractivity contribution in [2.24, 2.45) is 11.3 Å². The van der Waals surface area contributed by atoms with Gasteiger partial charge in [-0.3, -0.25) is 0 Å². The molecule has 10 atom stereocenters. The van der Waals surface area contributed by atoms with Crippen molar-refractivity contribution in [3.63, 3.8) is 0 Å². The first-order valence-electron chi connectivity index (χ1n) is 18.6. The summed E-state index contributed by atoms with van der Waals surface area (Å²) in [6.07, 6.45) is 14.7. The van der Waals surface area contributed by atoms with E-state index < -0.39 is 0 Å². The van der Waals surface area contributed by atoms with Crippen LogP contribution >= 0.6 is 0 Å². The first-order valence-corrected chi connectivity index (χ1v) is 18.6. The molecule has 0 heteroatoms. The van der Waals surface area contributed by atoms with Crippen LogP contribution in [0.25, 0.3) is 53.9 Å². The second-order valence-electron chi connectivity index (χ2n) is 18.6. The van der Waals surface area contributed by atoms with Crippen LogP contribution in [-0.2, 0) is 5.41 Å². The molecule has 1 spiro atoms. The van der Waals surface area contributed by atoms with E-state index in [4.69, 9.17) is 0 Å². The maximum Gasteiger partial charge on any atom is 0.00501 e. The van der Waals surface area contributed by atoms with Crippen LogP contribution in [0.2, 0.25) is 0 Å². The van der Waals surface area contributed by atoms with Crippen LogP contribution < -0.4 is 0 Å². The van der Waals surface area contributed by atoms with E-state index in [-0.39, 0.29) is 0 Å². The SMILES string of the molecule is CC1(C)C2CCC3c4cc5c6c7c8c9c%10c%11c%12c%13c%14c%15c(c4c4c5c8c%11c%144)C3CCC%15C%13CCC%12C%10CCC9C7CCC621. The van der Waals surface area contributed by atoms with E-state index in [1.54, 1.807) is 10.8 Å². The summed E-state index contributed by atoms with van der Waals surface area (Å²) in [6.45, 7) is 5.43. The molecule has 2 bridgehead atoms. The molecule has 43 heavy (non-hydrogen) atoms. The predicted octanol–water partition coefficient (Wildman–Crippen LogP) is 11.4. The molecule has 0 heterocycles. The fourth-order valence-corrected chi connectivity index (χ4v) is 17.5. The van der Waals surface area contributed by atoms with Crippen LogP contribution in [0.15, 0.2) is 6.07 Å². The minimum Gasteiger partial charge on any atom is -0.0587 e. The summed E-state index contributed by atoms with van der Waals surface area (Å²) in [4.78, 5) is 0. The standard InChI is InChI=1S/C43H36/c1-42(2)24-10-9-14-15-3-4-16-17-5-6-18-19-7-8-20-21-11-12-43(24,42)41-23-13-22(14)31-25(15)26(16)34-27(17)28(18)35-29(19)30(20)37(33(21)41)38-32(23)36(31)39(34)40(35)38/h13-21,24H,3-12H2,1-2H3. The molecule has 0 nitrogen and oxygen atoms in total. The Balaban J connectivity index is 1.31. The third kappa shape index (κ3) is 1.49. The van der Waals surface area contributed by atoms with Crippen LogP contribution in [0.3, 0.4) is 0 Å². The van der Waals surface area contributed by atoms with Gasteiger partial charge in [0.05, 0.1) is 0 Å². The van der Waals surface area contributed by atoms with Gasteiger partial charge in [-0.2, -0.15) is 0 Å². The van der Waals surface area contributed by atoms with Gasteiger partial charge in [0.2, 0.25) is 0 Å². The molecular weight excluding hydrogens is 516 g/mol. The average molecular weight is 553 g/mol. The first-order chi connectivity index (χ1) is 21.1. The largest absolute Gasteiger partial charge is 0.0587 e. The Labute approximate surface area is 251 Å². The minimum absolute atomic E-state index is 0.429. The van der Waals surface area contributed by atoms with E-state index in [1.165, 1.54) is 64.2 Å². The van der Waals surface area contributed by atoms with Crippen molar-refractivity contribution < 1.29 is 0 Å². The Morgan fingerprint density at radius 3 is 1.49 bits per heavy atom. The maximum atomic E-state index is 2.93. The molecule has 208 valence electrons. The fourth-order valence-electron chi connectivity index (χ4n) is 17.5. The molecular formula is C43H36. The number of hydrogen-bond acceptors (Lipinski definition) is 0. The molecule has 1 saturated carbocycles. The Hall–Kier alpha value is -2.60. The third-order valence-electron chi connectivity index (χ3n) is 18.3. The summed E-state index contributed by atoms with van der Waals surface area (Å²) in [5.41, 5.74) is 18.3. The summed E-state index contributed by atoms with van der Waals surface area (Å²) >= 11 is 0. The lowest BCUT2D eigenvalue weighted by Gasteiger charge is -2.39. The number of rotatable bonds is 0. The van der Waals surface area contributed by atoms with Crippen molar-refractivity contribution in [3.8, 4) is 0 Å². The van der Waals surface area contributed by atoms with E-state index in [0.29, 0.717) is 10.8 Å². The van der Waals surface area contributed by atoms with Gasteiger partial charge in [-0.25, -0.2) is 0 Å². The lowest BCUT2D eigenvalue weighted by molar-refractivity contribution is 0.327. The van der Waals surface area contributed by atoms with Gasteiger partial charge < -0.3 is 0 Å². The Bertz CT molecular complexity index is 2500.